The van der Waals surface area contributed by atoms with E-state index in [1.165, 1.54) is 11.3 Å². The number of hydrogen-bond donors (Lipinski definition) is 0. The molecule has 1 saturated heterocycles. The molecule has 0 saturated carbocycles. The van der Waals surface area contributed by atoms with Crippen LogP contribution in [0.1, 0.15) is 6.42 Å². The Labute approximate surface area is 163 Å². The fraction of sp³-hybridized carbons (Fsp3) is 0.333. The van der Waals surface area contributed by atoms with Gasteiger partial charge in [-0.3, -0.25) is 4.68 Å². The molecule has 3 aromatic rings. The minimum absolute atomic E-state index is 0.141. The highest BCUT2D eigenvalue weighted by Crippen LogP contribution is 2.44. The van der Waals surface area contributed by atoms with E-state index in [1.807, 2.05) is 10.9 Å². The molecule has 0 aromatic carbocycles. The SMILES string of the molecule is N#CCC1(n2cc(-c3nc(Cl)nc4cc(Cl)sc34)cn2)CB(CN=O)C1. The topological polar surface area (TPSA) is 96.8 Å². The van der Waals surface area contributed by atoms with Crippen LogP contribution in [0, 0.1) is 16.2 Å². The Hall–Kier alpha value is -2.02. The molecule has 0 spiro atoms. The number of thiophene rings is 1. The van der Waals surface area contributed by atoms with Crippen LogP contribution in [-0.2, 0) is 5.54 Å². The van der Waals surface area contributed by atoms with Crippen molar-refractivity contribution in [3.8, 4) is 17.3 Å². The summed E-state index contributed by atoms with van der Waals surface area (Å²) in [5, 5.41) is 16.8. The number of halogens is 2. The van der Waals surface area contributed by atoms with Crippen LogP contribution in [-0.4, -0.2) is 32.9 Å². The van der Waals surface area contributed by atoms with E-state index in [9.17, 15) is 10.2 Å². The van der Waals surface area contributed by atoms with Crippen molar-refractivity contribution >= 4 is 51.5 Å². The van der Waals surface area contributed by atoms with Crippen LogP contribution in [0.3, 0.4) is 0 Å². The maximum atomic E-state index is 10.5. The third kappa shape index (κ3) is 2.88. The molecule has 130 valence electrons. The summed E-state index contributed by atoms with van der Waals surface area (Å²) in [4.78, 5) is 19.0. The number of hydrogen-bond acceptors (Lipinski definition) is 7. The van der Waals surface area contributed by atoms with E-state index in [4.69, 9.17) is 23.2 Å². The van der Waals surface area contributed by atoms with Crippen LogP contribution in [0.15, 0.2) is 23.6 Å². The van der Waals surface area contributed by atoms with Crippen LogP contribution in [0.5, 0.6) is 0 Å². The Balaban J connectivity index is 1.73. The van der Waals surface area contributed by atoms with Gasteiger partial charge in [0.05, 0.1) is 50.9 Å². The lowest BCUT2D eigenvalue weighted by Gasteiger charge is -2.44. The zero-order valence-electron chi connectivity index (χ0n) is 13.4. The summed E-state index contributed by atoms with van der Waals surface area (Å²) in [5.74, 6) is 0. The summed E-state index contributed by atoms with van der Waals surface area (Å²) in [6, 6.07) is 3.98. The third-order valence-electron chi connectivity index (χ3n) is 4.73. The maximum Gasteiger partial charge on any atom is 0.223 e. The molecule has 11 heteroatoms. The molecule has 4 rings (SSSR count). The molecular formula is C15H11BCl2N6OS. The van der Waals surface area contributed by atoms with Gasteiger partial charge in [0.2, 0.25) is 5.28 Å². The standard InChI is InChI=1S/C15H11BCl2N6OS/c17-11-3-10-13(26-11)12(23-14(18)22-10)9-4-20-24(5-9)15(1-2-19)6-16(7-15)8-21-25/h3-5H,1,6-8H2. The fourth-order valence-corrected chi connectivity index (χ4v) is 4.93. The van der Waals surface area contributed by atoms with E-state index in [1.54, 1.807) is 12.3 Å². The monoisotopic (exact) mass is 404 g/mol. The number of rotatable bonds is 5. The van der Waals surface area contributed by atoms with E-state index in [0.29, 0.717) is 34.6 Å². The van der Waals surface area contributed by atoms with Gasteiger partial charge in [-0.2, -0.15) is 15.3 Å². The van der Waals surface area contributed by atoms with Crippen LogP contribution >= 0.6 is 34.5 Å². The summed E-state index contributed by atoms with van der Waals surface area (Å²) >= 11 is 13.5. The quantitative estimate of drug-likeness (QED) is 0.359. The molecule has 1 aliphatic heterocycles. The summed E-state index contributed by atoms with van der Waals surface area (Å²) in [6.07, 6.45) is 5.59. The molecule has 0 unspecified atom stereocenters. The predicted octanol–water partition coefficient (Wildman–Crippen LogP) is 4.28. The molecule has 3 aromatic heterocycles. The van der Waals surface area contributed by atoms with Crippen molar-refractivity contribution in [1.29, 1.82) is 5.26 Å². The van der Waals surface area contributed by atoms with Gasteiger partial charge in [-0.25, -0.2) is 9.97 Å². The number of fused-ring (bicyclic) bond motifs is 1. The van der Waals surface area contributed by atoms with Gasteiger partial charge in [-0.05, 0) is 30.3 Å². The number of nitriles is 1. The molecular weight excluding hydrogens is 394 g/mol. The summed E-state index contributed by atoms with van der Waals surface area (Å²) in [5.41, 5.74) is 1.74. The minimum atomic E-state index is -0.397. The van der Waals surface area contributed by atoms with Gasteiger partial charge in [0.1, 0.15) is 0 Å². The van der Waals surface area contributed by atoms with E-state index in [0.717, 1.165) is 10.3 Å². The highest BCUT2D eigenvalue weighted by molar-refractivity contribution is 7.23. The van der Waals surface area contributed by atoms with Crippen molar-refractivity contribution in [1.82, 2.24) is 19.7 Å². The Morgan fingerprint density at radius 1 is 1.42 bits per heavy atom. The highest BCUT2D eigenvalue weighted by Gasteiger charge is 2.48. The van der Waals surface area contributed by atoms with Crippen LogP contribution in [0.2, 0.25) is 22.3 Å². The van der Waals surface area contributed by atoms with Crippen LogP contribution in [0.25, 0.3) is 21.5 Å². The first-order chi connectivity index (χ1) is 12.5. The lowest BCUT2D eigenvalue weighted by atomic mass is 9.28. The minimum Gasteiger partial charge on any atom is -0.266 e. The zero-order valence-corrected chi connectivity index (χ0v) is 15.7. The molecule has 7 nitrogen and oxygen atoms in total. The third-order valence-corrected chi connectivity index (χ3v) is 6.16. The van der Waals surface area contributed by atoms with Gasteiger partial charge in [-0.15, -0.1) is 11.3 Å². The smallest absolute Gasteiger partial charge is 0.223 e. The molecule has 0 amide bonds. The summed E-state index contributed by atoms with van der Waals surface area (Å²) in [6.45, 7) is 0.199. The first-order valence-corrected chi connectivity index (χ1v) is 9.46. The first-order valence-electron chi connectivity index (χ1n) is 7.89. The zero-order chi connectivity index (χ0) is 18.3. The molecule has 0 aliphatic carbocycles. The lowest BCUT2D eigenvalue weighted by molar-refractivity contribution is 0.288. The molecule has 0 radical (unpaired) electrons. The Bertz CT molecular complexity index is 1040. The molecule has 26 heavy (non-hydrogen) atoms. The lowest BCUT2D eigenvalue weighted by Crippen LogP contribution is -2.51. The second-order valence-electron chi connectivity index (χ2n) is 6.42. The van der Waals surface area contributed by atoms with Crippen molar-refractivity contribution in [2.24, 2.45) is 5.18 Å². The molecule has 1 aliphatic rings. The van der Waals surface area contributed by atoms with Crippen molar-refractivity contribution < 1.29 is 0 Å². The van der Waals surface area contributed by atoms with E-state index >= 15 is 0 Å². The molecule has 0 atom stereocenters. The number of aromatic nitrogens is 4. The predicted molar refractivity (Wildman–Crippen MR) is 103 cm³/mol. The van der Waals surface area contributed by atoms with Gasteiger partial charge in [0, 0.05) is 11.8 Å². The average Bonchev–Trinajstić information content (AvgIpc) is 3.18. The highest BCUT2D eigenvalue weighted by atomic mass is 35.5. The fourth-order valence-electron chi connectivity index (χ4n) is 3.58. The molecule has 0 N–H and O–H groups in total. The first kappa shape index (κ1) is 17.4. The van der Waals surface area contributed by atoms with Gasteiger partial charge in [0.15, 0.2) is 6.71 Å². The summed E-state index contributed by atoms with van der Waals surface area (Å²) in [7, 11) is 0. The van der Waals surface area contributed by atoms with Crippen molar-refractivity contribution in [3.05, 3.63) is 33.0 Å². The molecule has 4 heterocycles. The molecule has 1 fully saturated rings. The normalized spacial score (nSPS) is 15.7. The van der Waals surface area contributed by atoms with Gasteiger partial charge in [-0.1, -0.05) is 16.8 Å². The van der Waals surface area contributed by atoms with Gasteiger partial charge < -0.3 is 0 Å². The molecule has 0 bridgehead atoms. The number of nitrogens with zero attached hydrogens (tertiary/aromatic N) is 6. The van der Waals surface area contributed by atoms with Crippen molar-refractivity contribution in [2.45, 2.75) is 24.6 Å². The summed E-state index contributed by atoms with van der Waals surface area (Å²) < 4.78 is 3.25. The van der Waals surface area contributed by atoms with Crippen LogP contribution < -0.4 is 0 Å². The second kappa shape index (κ2) is 6.61. The largest absolute Gasteiger partial charge is 0.266 e. The van der Waals surface area contributed by atoms with E-state index in [-0.39, 0.29) is 18.4 Å². The Morgan fingerprint density at radius 3 is 2.96 bits per heavy atom. The van der Waals surface area contributed by atoms with Crippen molar-refractivity contribution in [2.75, 3.05) is 6.44 Å². The Morgan fingerprint density at radius 2 is 2.23 bits per heavy atom. The van der Waals surface area contributed by atoms with Gasteiger partial charge >= 0.3 is 0 Å². The van der Waals surface area contributed by atoms with Crippen LogP contribution in [0.4, 0.5) is 0 Å². The average molecular weight is 405 g/mol. The van der Waals surface area contributed by atoms with Gasteiger partial charge in [0.25, 0.3) is 0 Å². The number of nitroso groups, excluding NO2 is 1. The Kier molecular flexibility index (Phi) is 4.43. The maximum absolute atomic E-state index is 10.5. The van der Waals surface area contributed by atoms with E-state index in [2.05, 4.69) is 26.3 Å². The second-order valence-corrected chi connectivity index (χ2v) is 8.45. The van der Waals surface area contributed by atoms with E-state index < -0.39 is 5.54 Å². The van der Waals surface area contributed by atoms with Crippen molar-refractivity contribution in [3.63, 3.8) is 0 Å².